The molecule has 0 radical (unpaired) electrons. The number of carbonyl (C=O) groups is 1. The average Bonchev–Trinajstić information content (AvgIpc) is 2.64. The number of likely N-dealkylation sites (N-methyl/N-ethyl adjacent to an activating group) is 1. The smallest absolute Gasteiger partial charge is 0.272 e. The molecule has 0 atom stereocenters. The molecular weight excluding hydrogens is 302 g/mol. The van der Waals surface area contributed by atoms with Crippen LogP contribution in [0.25, 0.3) is 0 Å². The lowest BCUT2D eigenvalue weighted by atomic mass is 10.2. The first kappa shape index (κ1) is 17.8. The van der Waals surface area contributed by atoms with Crippen LogP contribution in [0.3, 0.4) is 0 Å². The van der Waals surface area contributed by atoms with Gasteiger partial charge in [-0.3, -0.25) is 9.78 Å². The van der Waals surface area contributed by atoms with Gasteiger partial charge in [0.2, 0.25) is 0 Å². The highest BCUT2D eigenvalue weighted by atomic mass is 16.2. The summed E-state index contributed by atoms with van der Waals surface area (Å²) in [7, 11) is 3.78. The predicted octanol–water partition coefficient (Wildman–Crippen LogP) is 2.42. The van der Waals surface area contributed by atoms with Crippen LogP contribution in [0, 0.1) is 0 Å². The van der Waals surface area contributed by atoms with Crippen LogP contribution >= 0.6 is 0 Å². The molecule has 2 rings (SSSR count). The van der Waals surface area contributed by atoms with Gasteiger partial charge in [0, 0.05) is 45.6 Å². The normalized spacial score (nSPS) is 10.5. The summed E-state index contributed by atoms with van der Waals surface area (Å²) < 4.78 is 0. The number of amides is 1. The maximum Gasteiger partial charge on any atom is 0.272 e. The first-order chi connectivity index (χ1) is 11.6. The zero-order chi connectivity index (χ0) is 17.4. The first-order valence-corrected chi connectivity index (χ1v) is 8.29. The topological polar surface area (TPSA) is 62.2 Å². The predicted molar refractivity (Wildman–Crippen MR) is 95.1 cm³/mol. The van der Waals surface area contributed by atoms with Crippen LogP contribution < -0.4 is 4.90 Å². The monoisotopic (exact) mass is 327 g/mol. The van der Waals surface area contributed by atoms with Crippen molar-refractivity contribution in [2.75, 3.05) is 32.1 Å². The number of aromatic nitrogens is 3. The molecule has 6 heteroatoms. The van der Waals surface area contributed by atoms with Crippen LogP contribution in [0.2, 0.25) is 0 Å². The lowest BCUT2D eigenvalue weighted by Crippen LogP contribution is -2.29. The highest BCUT2D eigenvalue weighted by Gasteiger charge is 2.14. The molecule has 0 aliphatic rings. The minimum absolute atomic E-state index is 0.0605. The Morgan fingerprint density at radius 2 is 1.88 bits per heavy atom. The maximum atomic E-state index is 12.4. The summed E-state index contributed by atoms with van der Waals surface area (Å²) in [5.74, 6) is 0.695. The third-order valence-corrected chi connectivity index (χ3v) is 3.94. The fourth-order valence-electron chi connectivity index (χ4n) is 2.33. The van der Waals surface area contributed by atoms with Crippen molar-refractivity contribution in [2.45, 2.75) is 26.2 Å². The van der Waals surface area contributed by atoms with E-state index in [1.165, 1.54) is 11.9 Å². The van der Waals surface area contributed by atoms with Crippen LogP contribution in [0.5, 0.6) is 0 Å². The Balaban J connectivity index is 1.99. The van der Waals surface area contributed by atoms with Gasteiger partial charge in [-0.05, 0) is 30.5 Å². The molecule has 0 aliphatic heterocycles. The van der Waals surface area contributed by atoms with Crippen molar-refractivity contribution in [3.8, 4) is 0 Å². The summed E-state index contributed by atoms with van der Waals surface area (Å²) in [6, 6.07) is 5.77. The van der Waals surface area contributed by atoms with Gasteiger partial charge in [-0.15, -0.1) is 0 Å². The minimum Gasteiger partial charge on any atom is -0.359 e. The van der Waals surface area contributed by atoms with Gasteiger partial charge in [0.05, 0.1) is 0 Å². The van der Waals surface area contributed by atoms with Crippen molar-refractivity contribution in [2.24, 2.45) is 0 Å². The van der Waals surface area contributed by atoms with Crippen LogP contribution in [0.15, 0.2) is 36.9 Å². The van der Waals surface area contributed by atoms with Gasteiger partial charge >= 0.3 is 0 Å². The molecule has 0 saturated heterocycles. The number of carbonyl (C=O) groups excluding carboxylic acids is 1. The molecule has 0 saturated carbocycles. The molecule has 2 aromatic heterocycles. The number of nitrogens with zero attached hydrogens (tertiary/aromatic N) is 5. The van der Waals surface area contributed by atoms with Gasteiger partial charge in [0.1, 0.15) is 17.8 Å². The molecule has 6 nitrogen and oxygen atoms in total. The standard InChI is InChI=1S/C18H25N5O/c1-4-5-11-23(3)18(24)16-13-17(21-14-20-16)22(2)12-8-15-6-9-19-10-7-15/h6-7,9-10,13-14H,4-5,8,11-12H2,1-3H3. The third kappa shape index (κ3) is 5.01. The van der Waals surface area contributed by atoms with Gasteiger partial charge in [-0.1, -0.05) is 13.3 Å². The Morgan fingerprint density at radius 1 is 1.12 bits per heavy atom. The van der Waals surface area contributed by atoms with Gasteiger partial charge in [0.25, 0.3) is 5.91 Å². The Kier molecular flexibility index (Phi) is 6.66. The van der Waals surface area contributed by atoms with Gasteiger partial charge in [-0.25, -0.2) is 9.97 Å². The van der Waals surface area contributed by atoms with E-state index in [0.717, 1.165) is 38.2 Å². The number of pyridine rings is 1. The molecule has 0 unspecified atom stereocenters. The molecule has 0 fully saturated rings. The molecule has 0 bridgehead atoms. The van der Waals surface area contributed by atoms with Crippen LogP contribution in [-0.2, 0) is 6.42 Å². The second-order valence-electron chi connectivity index (χ2n) is 5.87. The summed E-state index contributed by atoms with van der Waals surface area (Å²) >= 11 is 0. The largest absolute Gasteiger partial charge is 0.359 e. The third-order valence-electron chi connectivity index (χ3n) is 3.94. The van der Waals surface area contributed by atoms with E-state index in [2.05, 4.69) is 21.9 Å². The molecule has 24 heavy (non-hydrogen) atoms. The highest BCUT2D eigenvalue weighted by molar-refractivity contribution is 5.92. The Bertz CT molecular complexity index is 647. The lowest BCUT2D eigenvalue weighted by molar-refractivity contribution is 0.0787. The Morgan fingerprint density at radius 3 is 2.58 bits per heavy atom. The van der Waals surface area contributed by atoms with Gasteiger partial charge < -0.3 is 9.80 Å². The van der Waals surface area contributed by atoms with Gasteiger partial charge in [-0.2, -0.15) is 0 Å². The Hall–Kier alpha value is -2.50. The number of unbranched alkanes of at least 4 members (excludes halogenated alkanes) is 1. The zero-order valence-corrected chi connectivity index (χ0v) is 14.6. The van der Waals surface area contributed by atoms with Crippen LogP contribution in [0.4, 0.5) is 5.82 Å². The van der Waals surface area contributed by atoms with Crippen LogP contribution in [0.1, 0.15) is 35.8 Å². The molecule has 0 aromatic carbocycles. The van der Waals surface area contributed by atoms with E-state index in [9.17, 15) is 4.79 Å². The maximum absolute atomic E-state index is 12.4. The quantitative estimate of drug-likeness (QED) is 0.745. The average molecular weight is 327 g/mol. The molecule has 2 aromatic rings. The minimum atomic E-state index is -0.0605. The van der Waals surface area contributed by atoms with E-state index < -0.39 is 0 Å². The van der Waals surface area contributed by atoms with Crippen molar-refractivity contribution in [3.63, 3.8) is 0 Å². The molecule has 128 valence electrons. The molecule has 0 spiro atoms. The first-order valence-electron chi connectivity index (χ1n) is 8.29. The summed E-state index contributed by atoms with van der Waals surface area (Å²) in [5.41, 5.74) is 1.66. The summed E-state index contributed by atoms with van der Waals surface area (Å²) in [6.45, 7) is 3.66. The molecular formula is C18H25N5O. The zero-order valence-electron chi connectivity index (χ0n) is 14.6. The fraction of sp³-hybridized carbons (Fsp3) is 0.444. The van der Waals surface area contributed by atoms with E-state index in [1.807, 2.05) is 31.1 Å². The van der Waals surface area contributed by atoms with Crippen molar-refractivity contribution >= 4 is 11.7 Å². The summed E-state index contributed by atoms with van der Waals surface area (Å²) in [6.07, 6.45) is 7.99. The fourth-order valence-corrected chi connectivity index (χ4v) is 2.33. The van der Waals surface area contributed by atoms with E-state index in [0.29, 0.717) is 5.69 Å². The summed E-state index contributed by atoms with van der Waals surface area (Å²) in [5, 5.41) is 0. The van der Waals surface area contributed by atoms with E-state index >= 15 is 0 Å². The highest BCUT2D eigenvalue weighted by Crippen LogP contribution is 2.12. The second-order valence-corrected chi connectivity index (χ2v) is 5.87. The summed E-state index contributed by atoms with van der Waals surface area (Å²) in [4.78, 5) is 28.6. The van der Waals surface area contributed by atoms with Crippen LogP contribution in [-0.4, -0.2) is 52.9 Å². The van der Waals surface area contributed by atoms with Crippen molar-refractivity contribution in [1.29, 1.82) is 0 Å². The van der Waals surface area contributed by atoms with E-state index in [-0.39, 0.29) is 5.91 Å². The van der Waals surface area contributed by atoms with E-state index in [4.69, 9.17) is 0 Å². The van der Waals surface area contributed by atoms with Gasteiger partial charge in [0.15, 0.2) is 0 Å². The number of hydrogen-bond acceptors (Lipinski definition) is 5. The molecule has 1 amide bonds. The van der Waals surface area contributed by atoms with E-state index in [1.54, 1.807) is 23.4 Å². The second kappa shape index (κ2) is 8.96. The molecule has 0 N–H and O–H groups in total. The van der Waals surface area contributed by atoms with Crippen molar-refractivity contribution in [1.82, 2.24) is 19.9 Å². The lowest BCUT2D eigenvalue weighted by Gasteiger charge is -2.20. The number of hydrogen-bond donors (Lipinski definition) is 0. The SMILES string of the molecule is CCCCN(C)C(=O)c1cc(N(C)CCc2ccncc2)ncn1. The number of rotatable bonds is 8. The van der Waals surface area contributed by atoms with Crippen molar-refractivity contribution in [3.05, 3.63) is 48.2 Å². The number of anilines is 1. The molecule has 2 heterocycles. The Labute approximate surface area is 143 Å². The molecule has 0 aliphatic carbocycles. The van der Waals surface area contributed by atoms with Crippen molar-refractivity contribution < 1.29 is 4.79 Å².